The summed E-state index contributed by atoms with van der Waals surface area (Å²) >= 11 is 3.29. The second kappa shape index (κ2) is 6.68. The molecule has 0 aliphatic heterocycles. The van der Waals surface area contributed by atoms with Crippen LogP contribution in [0.25, 0.3) is 0 Å². The summed E-state index contributed by atoms with van der Waals surface area (Å²) < 4.78 is 35.4. The molecule has 0 radical (unpaired) electrons. The van der Waals surface area contributed by atoms with Crippen LogP contribution in [-0.4, -0.2) is 29.9 Å². The van der Waals surface area contributed by atoms with Crippen molar-refractivity contribution in [3.63, 3.8) is 0 Å². The van der Waals surface area contributed by atoms with Crippen molar-refractivity contribution in [3.05, 3.63) is 22.7 Å². The molecule has 1 rings (SSSR count). The van der Waals surface area contributed by atoms with E-state index in [9.17, 15) is 12.6 Å². The normalized spacial score (nSPS) is 13.4. The molecule has 0 aliphatic carbocycles. The van der Waals surface area contributed by atoms with Crippen LogP contribution in [-0.2, 0) is 20.6 Å². The lowest BCUT2D eigenvalue weighted by atomic mass is 10.3. The Hall–Kier alpha value is -0.400. The van der Waals surface area contributed by atoms with E-state index >= 15 is 0 Å². The van der Waals surface area contributed by atoms with E-state index in [-0.39, 0.29) is 11.5 Å². The summed E-state index contributed by atoms with van der Waals surface area (Å²) in [5, 5.41) is 0. The molecule has 7 heteroatoms. The van der Waals surface area contributed by atoms with Gasteiger partial charge in [0.1, 0.15) is 9.84 Å². The van der Waals surface area contributed by atoms with Gasteiger partial charge in [-0.05, 0) is 24.6 Å². The first-order chi connectivity index (χ1) is 8.35. The van der Waals surface area contributed by atoms with E-state index in [4.69, 9.17) is 5.73 Å². The average molecular weight is 354 g/mol. The molecule has 0 spiro atoms. The van der Waals surface area contributed by atoms with Crippen molar-refractivity contribution in [3.8, 4) is 0 Å². The number of sulfone groups is 1. The van der Waals surface area contributed by atoms with E-state index in [1.807, 2.05) is 0 Å². The number of nitrogen functional groups attached to an aromatic ring is 1. The topological polar surface area (TPSA) is 77.2 Å². The van der Waals surface area contributed by atoms with Crippen molar-refractivity contribution >= 4 is 42.3 Å². The Kier molecular flexibility index (Phi) is 5.81. The minimum atomic E-state index is -2.99. The van der Waals surface area contributed by atoms with E-state index in [0.717, 1.165) is 4.47 Å². The van der Waals surface area contributed by atoms with E-state index in [1.54, 1.807) is 25.1 Å². The molecule has 0 heterocycles. The summed E-state index contributed by atoms with van der Waals surface area (Å²) in [6, 6.07) is 5.16. The maximum absolute atomic E-state index is 12.0. The van der Waals surface area contributed by atoms with Gasteiger partial charge in [-0.3, -0.25) is 4.21 Å². The largest absolute Gasteiger partial charge is 0.398 e. The van der Waals surface area contributed by atoms with Crippen LogP contribution >= 0.6 is 15.9 Å². The van der Waals surface area contributed by atoms with Crippen LogP contribution in [0.1, 0.15) is 13.3 Å². The molecule has 4 nitrogen and oxygen atoms in total. The minimum Gasteiger partial charge on any atom is -0.398 e. The van der Waals surface area contributed by atoms with Gasteiger partial charge >= 0.3 is 0 Å². The van der Waals surface area contributed by atoms with Gasteiger partial charge in [0.05, 0.1) is 21.4 Å². The highest BCUT2D eigenvalue weighted by atomic mass is 79.9. The maximum Gasteiger partial charge on any atom is 0.150 e. The van der Waals surface area contributed by atoms with Crippen LogP contribution in [0.4, 0.5) is 5.69 Å². The van der Waals surface area contributed by atoms with Crippen LogP contribution in [0.3, 0.4) is 0 Å². The number of halogens is 1. The molecule has 1 atom stereocenters. The molecular formula is C11H16BrNO3S2. The Bertz CT molecular complexity index is 543. The fourth-order valence-corrected chi connectivity index (χ4v) is 4.15. The first-order valence-corrected chi connectivity index (χ1v) is 9.43. The predicted molar refractivity (Wildman–Crippen MR) is 78.8 cm³/mol. The zero-order chi connectivity index (χ0) is 13.8. The van der Waals surface area contributed by atoms with E-state index < -0.39 is 20.6 Å². The zero-order valence-corrected chi connectivity index (χ0v) is 13.3. The molecule has 1 aromatic carbocycles. The van der Waals surface area contributed by atoms with E-state index in [1.165, 1.54) is 0 Å². The van der Waals surface area contributed by atoms with Gasteiger partial charge in [0, 0.05) is 21.7 Å². The third kappa shape index (κ3) is 4.70. The molecule has 0 aliphatic rings. The van der Waals surface area contributed by atoms with Crippen molar-refractivity contribution in [2.24, 2.45) is 0 Å². The molecule has 1 unspecified atom stereocenters. The summed E-state index contributed by atoms with van der Waals surface area (Å²) in [7, 11) is -4.25. The first kappa shape index (κ1) is 15.7. The Morgan fingerprint density at radius 2 is 2.06 bits per heavy atom. The fourth-order valence-electron chi connectivity index (χ4n) is 1.37. The molecular weight excluding hydrogens is 338 g/mol. The van der Waals surface area contributed by atoms with Gasteiger partial charge in [-0.25, -0.2) is 8.42 Å². The van der Waals surface area contributed by atoms with Gasteiger partial charge in [-0.2, -0.15) is 0 Å². The van der Waals surface area contributed by atoms with E-state index in [0.29, 0.717) is 22.8 Å². The Morgan fingerprint density at radius 3 is 2.67 bits per heavy atom. The second-order valence-corrected chi connectivity index (χ2v) is 8.75. The third-order valence-corrected chi connectivity index (χ3v) is 6.23. The fraction of sp³-hybridized carbons (Fsp3) is 0.455. The number of nitrogens with two attached hydrogens (primary N) is 1. The Morgan fingerprint density at radius 1 is 1.39 bits per heavy atom. The molecule has 1 aromatic rings. The highest BCUT2D eigenvalue weighted by molar-refractivity contribution is 9.10. The molecule has 0 saturated carbocycles. The summed E-state index contributed by atoms with van der Waals surface area (Å²) in [5.41, 5.74) is 6.21. The molecule has 0 amide bonds. The first-order valence-electron chi connectivity index (χ1n) is 5.49. The Balaban J connectivity index is 2.64. The number of rotatable bonds is 6. The number of benzene rings is 1. The predicted octanol–water partition coefficient (Wildman–Crippen LogP) is 1.96. The molecule has 0 bridgehead atoms. The number of hydrogen-bond donors (Lipinski definition) is 1. The lowest BCUT2D eigenvalue weighted by molar-refractivity contribution is 0.596. The summed E-state index contributed by atoms with van der Waals surface area (Å²) in [6.45, 7) is 1.61. The number of anilines is 1. The minimum absolute atomic E-state index is 0.0726. The molecule has 18 heavy (non-hydrogen) atoms. The van der Waals surface area contributed by atoms with Gasteiger partial charge in [-0.1, -0.05) is 22.9 Å². The Labute approximate surface area is 118 Å². The van der Waals surface area contributed by atoms with Gasteiger partial charge in [-0.15, -0.1) is 0 Å². The zero-order valence-electron chi connectivity index (χ0n) is 10.1. The number of hydrogen-bond acceptors (Lipinski definition) is 4. The highest BCUT2D eigenvalue weighted by Gasteiger charge is 2.12. The monoisotopic (exact) mass is 353 g/mol. The van der Waals surface area contributed by atoms with Gasteiger partial charge < -0.3 is 5.73 Å². The SMILES string of the molecule is CCS(=O)(=O)CCCS(=O)c1cc(Br)ccc1N. The van der Waals surface area contributed by atoms with Gasteiger partial charge in [0.2, 0.25) is 0 Å². The van der Waals surface area contributed by atoms with Crippen LogP contribution in [0.2, 0.25) is 0 Å². The lowest BCUT2D eigenvalue weighted by Crippen LogP contribution is -2.12. The highest BCUT2D eigenvalue weighted by Crippen LogP contribution is 2.22. The van der Waals surface area contributed by atoms with Gasteiger partial charge in [0.25, 0.3) is 0 Å². The maximum atomic E-state index is 12.0. The van der Waals surface area contributed by atoms with Crippen molar-refractivity contribution in [2.75, 3.05) is 23.0 Å². The molecule has 0 aromatic heterocycles. The van der Waals surface area contributed by atoms with Crippen molar-refractivity contribution in [1.29, 1.82) is 0 Å². The molecule has 102 valence electrons. The lowest BCUT2D eigenvalue weighted by Gasteiger charge is -2.06. The third-order valence-electron chi connectivity index (χ3n) is 2.45. The summed E-state index contributed by atoms with van der Waals surface area (Å²) in [6.07, 6.45) is 0.384. The van der Waals surface area contributed by atoms with Crippen molar-refractivity contribution < 1.29 is 12.6 Å². The van der Waals surface area contributed by atoms with E-state index in [2.05, 4.69) is 15.9 Å². The van der Waals surface area contributed by atoms with Gasteiger partial charge in [0.15, 0.2) is 0 Å². The second-order valence-electron chi connectivity index (χ2n) is 3.82. The van der Waals surface area contributed by atoms with Crippen LogP contribution < -0.4 is 5.73 Å². The standard InChI is InChI=1S/C11H16BrNO3S2/c1-2-18(15,16)7-3-6-17(14)11-8-9(12)4-5-10(11)13/h4-5,8H,2-3,6-7,13H2,1H3. The summed E-state index contributed by atoms with van der Waals surface area (Å²) in [4.78, 5) is 0.554. The molecule has 2 N–H and O–H groups in total. The van der Waals surface area contributed by atoms with Crippen molar-refractivity contribution in [1.82, 2.24) is 0 Å². The molecule has 0 saturated heterocycles. The smallest absolute Gasteiger partial charge is 0.150 e. The quantitative estimate of drug-likeness (QED) is 0.793. The molecule has 0 fully saturated rings. The average Bonchev–Trinajstić information content (AvgIpc) is 2.32. The van der Waals surface area contributed by atoms with Crippen LogP contribution in [0.5, 0.6) is 0 Å². The van der Waals surface area contributed by atoms with Crippen LogP contribution in [0, 0.1) is 0 Å². The van der Waals surface area contributed by atoms with Crippen molar-refractivity contribution in [2.45, 2.75) is 18.2 Å². The van der Waals surface area contributed by atoms with Crippen LogP contribution in [0.15, 0.2) is 27.6 Å². The summed E-state index contributed by atoms with van der Waals surface area (Å²) in [5.74, 6) is 0.502.